The number of rotatable bonds is 5. The van der Waals surface area contributed by atoms with Gasteiger partial charge in [0, 0.05) is 6.54 Å². The van der Waals surface area contributed by atoms with Gasteiger partial charge < -0.3 is 11.5 Å². The van der Waals surface area contributed by atoms with Crippen molar-refractivity contribution in [3.63, 3.8) is 0 Å². The van der Waals surface area contributed by atoms with Crippen molar-refractivity contribution in [3.05, 3.63) is 0 Å². The molecular formula is C7H15N3S. The Morgan fingerprint density at radius 2 is 2.09 bits per heavy atom. The molecule has 4 N–H and O–H groups in total. The van der Waals surface area contributed by atoms with Gasteiger partial charge in [0.2, 0.25) is 0 Å². The fourth-order valence-corrected chi connectivity index (χ4v) is 0.805. The fraction of sp³-hybridized carbons (Fsp3) is 0.714. The summed E-state index contributed by atoms with van der Waals surface area (Å²) in [6.45, 7) is 2.74. The third kappa shape index (κ3) is 7.25. The van der Waals surface area contributed by atoms with Crippen LogP contribution in [0.15, 0.2) is 4.99 Å². The minimum atomic E-state index is 0.160. The van der Waals surface area contributed by atoms with E-state index < -0.39 is 0 Å². The van der Waals surface area contributed by atoms with Crippen LogP contribution in [-0.2, 0) is 0 Å². The molecule has 0 unspecified atom stereocenters. The van der Waals surface area contributed by atoms with Crippen LogP contribution in [-0.4, -0.2) is 17.4 Å². The van der Waals surface area contributed by atoms with Gasteiger partial charge in [0.25, 0.3) is 0 Å². The monoisotopic (exact) mass is 173 g/mol. The van der Waals surface area contributed by atoms with Gasteiger partial charge in [-0.25, -0.2) is 0 Å². The van der Waals surface area contributed by atoms with Crippen molar-refractivity contribution in [2.75, 3.05) is 6.54 Å². The van der Waals surface area contributed by atoms with E-state index in [1.54, 1.807) is 0 Å². The lowest BCUT2D eigenvalue weighted by Crippen LogP contribution is -2.23. The zero-order chi connectivity index (χ0) is 8.69. The van der Waals surface area contributed by atoms with Gasteiger partial charge >= 0.3 is 0 Å². The Kier molecular flexibility index (Phi) is 5.74. The van der Waals surface area contributed by atoms with Crippen LogP contribution in [0.2, 0.25) is 0 Å². The second-order valence-corrected chi connectivity index (χ2v) is 2.88. The predicted molar refractivity (Wildman–Crippen MR) is 52.8 cm³/mol. The van der Waals surface area contributed by atoms with Crippen molar-refractivity contribution in [1.82, 2.24) is 0 Å². The topological polar surface area (TPSA) is 64.4 Å². The molecule has 0 aromatic carbocycles. The van der Waals surface area contributed by atoms with E-state index in [-0.39, 0.29) is 5.96 Å². The van der Waals surface area contributed by atoms with Gasteiger partial charge in [-0.2, -0.15) is 0 Å². The molecule has 0 aromatic rings. The molecule has 3 nitrogen and oxygen atoms in total. The van der Waals surface area contributed by atoms with Gasteiger partial charge in [0.15, 0.2) is 5.96 Å². The lowest BCUT2D eigenvalue weighted by molar-refractivity contribution is 0.872. The number of hydrogen-bond acceptors (Lipinski definition) is 2. The number of nitrogens with zero attached hydrogens (tertiary/aromatic N) is 1. The average molecular weight is 173 g/mol. The molecule has 0 aliphatic rings. The van der Waals surface area contributed by atoms with E-state index in [0.29, 0.717) is 6.54 Å². The normalized spacial score (nSPS) is 9.18. The summed E-state index contributed by atoms with van der Waals surface area (Å²) in [4.78, 5) is 4.94. The SMILES string of the molecule is CCC(=S)CCCN=C(N)N. The molecule has 0 aliphatic carbocycles. The summed E-state index contributed by atoms with van der Waals surface area (Å²) in [5, 5.41) is 0. The third-order valence-electron chi connectivity index (χ3n) is 1.30. The molecule has 0 bridgehead atoms. The number of hydrogen-bond donors (Lipinski definition) is 2. The molecule has 64 valence electrons. The summed E-state index contributed by atoms with van der Waals surface area (Å²) in [7, 11) is 0. The summed E-state index contributed by atoms with van der Waals surface area (Å²) in [6, 6.07) is 0. The van der Waals surface area contributed by atoms with Crippen molar-refractivity contribution in [2.24, 2.45) is 16.5 Å². The Labute approximate surface area is 72.9 Å². The van der Waals surface area contributed by atoms with Gasteiger partial charge in [-0.1, -0.05) is 19.1 Å². The molecule has 0 saturated carbocycles. The zero-order valence-corrected chi connectivity index (χ0v) is 7.66. The van der Waals surface area contributed by atoms with Crippen LogP contribution in [0.5, 0.6) is 0 Å². The quantitative estimate of drug-likeness (QED) is 0.280. The maximum Gasteiger partial charge on any atom is 0.185 e. The van der Waals surface area contributed by atoms with E-state index in [4.69, 9.17) is 23.7 Å². The van der Waals surface area contributed by atoms with Crippen molar-refractivity contribution >= 4 is 23.0 Å². The largest absolute Gasteiger partial charge is 0.370 e. The standard InChI is InChI=1S/C7H15N3S/c1-2-6(11)4-3-5-10-7(8)9/h2-5H2,1H3,(H4,8,9,10). The van der Waals surface area contributed by atoms with Crippen LogP contribution in [0.4, 0.5) is 0 Å². The van der Waals surface area contributed by atoms with Crippen molar-refractivity contribution in [3.8, 4) is 0 Å². The van der Waals surface area contributed by atoms with Crippen molar-refractivity contribution < 1.29 is 0 Å². The van der Waals surface area contributed by atoms with Crippen LogP contribution in [0.25, 0.3) is 0 Å². The van der Waals surface area contributed by atoms with Crippen LogP contribution < -0.4 is 11.5 Å². The summed E-state index contributed by atoms with van der Waals surface area (Å²) in [5.74, 6) is 0.160. The highest BCUT2D eigenvalue weighted by Gasteiger charge is 1.91. The second kappa shape index (κ2) is 6.09. The Balaban J connectivity index is 3.28. The van der Waals surface area contributed by atoms with Crippen LogP contribution in [0.3, 0.4) is 0 Å². The Bertz CT molecular complexity index is 150. The second-order valence-electron chi connectivity index (χ2n) is 2.30. The Hall–Kier alpha value is -0.640. The molecule has 0 atom stereocenters. The van der Waals surface area contributed by atoms with E-state index in [1.807, 2.05) is 0 Å². The molecular weight excluding hydrogens is 158 g/mol. The number of aliphatic imine (C=N–C) groups is 1. The van der Waals surface area contributed by atoms with Crippen LogP contribution >= 0.6 is 12.2 Å². The predicted octanol–water partition coefficient (Wildman–Crippen LogP) is 0.820. The third-order valence-corrected chi connectivity index (χ3v) is 1.80. The highest BCUT2D eigenvalue weighted by atomic mass is 32.1. The smallest absolute Gasteiger partial charge is 0.185 e. The molecule has 0 fully saturated rings. The number of guanidine groups is 1. The van der Waals surface area contributed by atoms with Gasteiger partial charge in [-0.05, 0) is 24.1 Å². The van der Waals surface area contributed by atoms with Gasteiger partial charge in [-0.15, -0.1) is 0 Å². The first-order valence-electron chi connectivity index (χ1n) is 3.74. The van der Waals surface area contributed by atoms with Crippen LogP contribution in [0, 0.1) is 0 Å². The van der Waals surface area contributed by atoms with Crippen molar-refractivity contribution in [2.45, 2.75) is 26.2 Å². The Morgan fingerprint density at radius 1 is 1.45 bits per heavy atom. The van der Waals surface area contributed by atoms with E-state index in [0.717, 1.165) is 24.1 Å². The lowest BCUT2D eigenvalue weighted by atomic mass is 10.2. The lowest BCUT2D eigenvalue weighted by Gasteiger charge is -1.97. The van der Waals surface area contributed by atoms with Gasteiger partial charge in [0.05, 0.1) is 0 Å². The van der Waals surface area contributed by atoms with E-state index >= 15 is 0 Å². The molecule has 0 spiro atoms. The highest BCUT2D eigenvalue weighted by Crippen LogP contribution is 1.96. The van der Waals surface area contributed by atoms with Gasteiger partial charge in [0.1, 0.15) is 0 Å². The molecule has 0 rings (SSSR count). The maximum absolute atomic E-state index is 5.14. The molecule has 0 amide bonds. The molecule has 4 heteroatoms. The maximum atomic E-state index is 5.14. The average Bonchev–Trinajstić information content (AvgIpc) is 1.97. The summed E-state index contributed by atoms with van der Waals surface area (Å²) >= 11 is 5.02. The molecule has 0 aliphatic heterocycles. The highest BCUT2D eigenvalue weighted by molar-refractivity contribution is 7.80. The Morgan fingerprint density at radius 3 is 2.55 bits per heavy atom. The van der Waals surface area contributed by atoms with Crippen LogP contribution in [0.1, 0.15) is 26.2 Å². The summed E-state index contributed by atoms with van der Waals surface area (Å²) in [5.41, 5.74) is 10.3. The van der Waals surface area contributed by atoms with Crippen molar-refractivity contribution in [1.29, 1.82) is 0 Å². The summed E-state index contributed by atoms with van der Waals surface area (Å²) in [6.07, 6.45) is 2.87. The minimum absolute atomic E-state index is 0.160. The zero-order valence-electron chi connectivity index (χ0n) is 6.84. The molecule has 0 aromatic heterocycles. The first-order valence-corrected chi connectivity index (χ1v) is 4.14. The first kappa shape index (κ1) is 10.4. The summed E-state index contributed by atoms with van der Waals surface area (Å²) < 4.78 is 0. The molecule has 0 heterocycles. The van der Waals surface area contributed by atoms with E-state index in [1.165, 1.54) is 0 Å². The number of thiocarbonyl (C=S) groups is 1. The fourth-order valence-electron chi connectivity index (χ4n) is 0.661. The number of nitrogens with two attached hydrogens (primary N) is 2. The molecule has 0 saturated heterocycles. The van der Waals surface area contributed by atoms with E-state index in [9.17, 15) is 0 Å². The van der Waals surface area contributed by atoms with E-state index in [2.05, 4.69) is 11.9 Å². The minimum Gasteiger partial charge on any atom is -0.370 e. The first-order chi connectivity index (χ1) is 5.16. The van der Waals surface area contributed by atoms with Gasteiger partial charge in [-0.3, -0.25) is 4.99 Å². The molecule has 0 radical (unpaired) electrons. The molecule has 11 heavy (non-hydrogen) atoms.